The van der Waals surface area contributed by atoms with Crippen molar-refractivity contribution in [2.75, 3.05) is 9.80 Å². The summed E-state index contributed by atoms with van der Waals surface area (Å²) < 4.78 is 0. The van der Waals surface area contributed by atoms with Gasteiger partial charge < -0.3 is 9.80 Å². The van der Waals surface area contributed by atoms with E-state index in [0.717, 1.165) is 0 Å². The molecule has 0 unspecified atom stereocenters. The smallest absolute Gasteiger partial charge is 0.252 e. The van der Waals surface area contributed by atoms with Gasteiger partial charge in [-0.25, -0.2) is 0 Å². The molecule has 0 spiro atoms. The highest BCUT2D eigenvalue weighted by Gasteiger charge is 2.45. The fourth-order valence-corrected chi connectivity index (χ4v) is 12.1. The molecule has 2 aliphatic rings. The number of aryl methyl sites for hydroxylation is 2. The summed E-state index contributed by atoms with van der Waals surface area (Å²) in [6.45, 7) is 32.8. The van der Waals surface area contributed by atoms with Crippen LogP contribution in [0.15, 0.2) is 164 Å². The minimum atomic E-state index is -0.0806. The molecular weight excluding hydrogens is 880 g/mol. The minimum Gasteiger partial charge on any atom is -0.311 e. The Balaban J connectivity index is 1.29. The standard InChI is InChI=1S/C70H69BN2/c1-42-20-19-21-43(2)65(42)52-34-63-66-64(35-52)73(58-40-55(69(9,10)11)37-56(41-58)70(12,13)14)62-33-51-29-47-25-18-16-23-45(47)27-49(51)31-60(62)71(66)59-30-48-26-44-22-15-17-24-46(44)28-50(48)32-61(59)72(63)57-38-53(67(3,4)5)36-54(39-57)68(6,7)8/h15-41H,1-14H3. The van der Waals surface area contributed by atoms with Crippen LogP contribution in [-0.2, 0) is 21.7 Å². The Morgan fingerprint density at radius 3 is 0.973 bits per heavy atom. The van der Waals surface area contributed by atoms with E-state index in [2.05, 4.69) is 271 Å². The van der Waals surface area contributed by atoms with Crippen LogP contribution >= 0.6 is 0 Å². The number of hydrogen-bond acceptors (Lipinski definition) is 2. The van der Waals surface area contributed by atoms with Crippen LogP contribution in [0, 0.1) is 13.8 Å². The maximum absolute atomic E-state index is 2.67. The second-order valence-electron chi connectivity index (χ2n) is 25.8. The molecule has 73 heavy (non-hydrogen) atoms. The van der Waals surface area contributed by atoms with Gasteiger partial charge in [-0.3, -0.25) is 0 Å². The van der Waals surface area contributed by atoms with Crippen molar-refractivity contribution in [3.63, 3.8) is 0 Å². The first-order valence-corrected chi connectivity index (χ1v) is 26.6. The predicted molar refractivity (Wildman–Crippen MR) is 320 cm³/mol. The van der Waals surface area contributed by atoms with E-state index in [9.17, 15) is 0 Å². The van der Waals surface area contributed by atoms with E-state index in [-0.39, 0.29) is 28.4 Å². The van der Waals surface area contributed by atoms with E-state index >= 15 is 0 Å². The van der Waals surface area contributed by atoms with Gasteiger partial charge >= 0.3 is 0 Å². The van der Waals surface area contributed by atoms with Gasteiger partial charge in [0.25, 0.3) is 6.71 Å². The summed E-state index contributed by atoms with van der Waals surface area (Å²) in [5, 5.41) is 10.0. The van der Waals surface area contributed by atoms with Crippen LogP contribution in [0.25, 0.3) is 54.2 Å². The van der Waals surface area contributed by atoms with E-state index in [4.69, 9.17) is 0 Å². The van der Waals surface area contributed by atoms with Crippen molar-refractivity contribution in [2.24, 2.45) is 0 Å². The molecule has 2 aliphatic heterocycles. The molecule has 0 atom stereocenters. The van der Waals surface area contributed by atoms with Crippen LogP contribution in [0.3, 0.4) is 0 Å². The summed E-state index contributed by atoms with van der Waals surface area (Å²) in [7, 11) is 0. The molecule has 0 fully saturated rings. The molecule has 2 heterocycles. The van der Waals surface area contributed by atoms with Gasteiger partial charge in [0.2, 0.25) is 0 Å². The molecule has 12 rings (SSSR count). The van der Waals surface area contributed by atoms with E-state index < -0.39 is 0 Å². The molecule has 3 heteroatoms. The van der Waals surface area contributed by atoms with Crippen molar-refractivity contribution in [2.45, 2.75) is 119 Å². The molecule has 0 saturated heterocycles. The van der Waals surface area contributed by atoms with Crippen molar-refractivity contribution >= 4 is 100 Å². The van der Waals surface area contributed by atoms with E-state index in [1.165, 1.54) is 138 Å². The topological polar surface area (TPSA) is 6.48 Å². The average Bonchev–Trinajstić information content (AvgIpc) is 3.32. The molecule has 10 aromatic carbocycles. The molecule has 0 N–H and O–H groups in total. The molecular formula is C70H69BN2. The molecule has 0 amide bonds. The Labute approximate surface area is 434 Å². The first kappa shape index (κ1) is 46.9. The predicted octanol–water partition coefficient (Wildman–Crippen LogP) is 17.9. The third kappa shape index (κ3) is 7.85. The Kier molecular flexibility index (Phi) is 10.4. The normalized spacial score (nSPS) is 13.8. The van der Waals surface area contributed by atoms with Gasteiger partial charge in [-0.15, -0.1) is 0 Å². The van der Waals surface area contributed by atoms with Crippen LogP contribution in [-0.4, -0.2) is 6.71 Å². The molecule has 2 nitrogen and oxygen atoms in total. The fourth-order valence-electron chi connectivity index (χ4n) is 12.1. The highest BCUT2D eigenvalue weighted by molar-refractivity contribution is 7.00. The Hall–Kier alpha value is -7.10. The number of nitrogens with zero attached hydrogens (tertiary/aromatic N) is 2. The van der Waals surface area contributed by atoms with Gasteiger partial charge in [-0.1, -0.05) is 174 Å². The number of hydrogen-bond donors (Lipinski definition) is 0. The molecule has 0 bridgehead atoms. The van der Waals surface area contributed by atoms with Gasteiger partial charge in [0, 0.05) is 34.1 Å². The lowest BCUT2D eigenvalue weighted by Crippen LogP contribution is -2.61. The van der Waals surface area contributed by atoms with E-state index in [1.54, 1.807) is 0 Å². The third-order valence-electron chi connectivity index (χ3n) is 16.3. The van der Waals surface area contributed by atoms with Crippen molar-refractivity contribution in [3.05, 3.63) is 197 Å². The van der Waals surface area contributed by atoms with Crippen molar-refractivity contribution < 1.29 is 0 Å². The molecule has 0 radical (unpaired) electrons. The number of fused-ring (bicyclic) bond motifs is 8. The molecule has 362 valence electrons. The summed E-state index contributed by atoms with van der Waals surface area (Å²) in [4.78, 5) is 5.34. The third-order valence-corrected chi connectivity index (χ3v) is 16.3. The summed E-state index contributed by atoms with van der Waals surface area (Å²) >= 11 is 0. The van der Waals surface area contributed by atoms with Crippen molar-refractivity contribution in [1.29, 1.82) is 0 Å². The summed E-state index contributed by atoms with van der Waals surface area (Å²) in [5.74, 6) is 0. The summed E-state index contributed by atoms with van der Waals surface area (Å²) in [6, 6.07) is 64.3. The Morgan fingerprint density at radius 2 is 0.644 bits per heavy atom. The largest absolute Gasteiger partial charge is 0.311 e. The Morgan fingerprint density at radius 1 is 0.315 bits per heavy atom. The van der Waals surface area contributed by atoms with Gasteiger partial charge in [-0.2, -0.15) is 0 Å². The first-order chi connectivity index (χ1) is 34.5. The van der Waals surface area contributed by atoms with Crippen LogP contribution in [0.2, 0.25) is 0 Å². The lowest BCUT2D eigenvalue weighted by molar-refractivity contribution is 0.568. The quantitative estimate of drug-likeness (QED) is 0.129. The van der Waals surface area contributed by atoms with Crippen LogP contribution < -0.4 is 26.2 Å². The van der Waals surface area contributed by atoms with Crippen LogP contribution in [0.5, 0.6) is 0 Å². The Bertz CT molecular complexity index is 3620. The zero-order chi connectivity index (χ0) is 51.3. The van der Waals surface area contributed by atoms with Crippen molar-refractivity contribution in [1.82, 2.24) is 0 Å². The van der Waals surface area contributed by atoms with Crippen LogP contribution in [0.4, 0.5) is 34.1 Å². The zero-order valence-corrected chi connectivity index (χ0v) is 45.6. The lowest BCUT2D eigenvalue weighted by atomic mass is 9.33. The van der Waals surface area contributed by atoms with Gasteiger partial charge in [0.15, 0.2) is 0 Å². The maximum Gasteiger partial charge on any atom is 0.252 e. The summed E-state index contributed by atoms with van der Waals surface area (Å²) in [6.07, 6.45) is 0. The van der Waals surface area contributed by atoms with Crippen molar-refractivity contribution in [3.8, 4) is 11.1 Å². The first-order valence-electron chi connectivity index (χ1n) is 26.6. The van der Waals surface area contributed by atoms with Crippen LogP contribution in [0.1, 0.15) is 116 Å². The minimum absolute atomic E-state index is 0.0676. The fraction of sp³-hybridized carbons (Fsp3) is 0.257. The maximum atomic E-state index is 2.67. The second-order valence-corrected chi connectivity index (χ2v) is 25.8. The monoisotopic (exact) mass is 949 g/mol. The van der Waals surface area contributed by atoms with E-state index in [0.29, 0.717) is 0 Å². The number of rotatable bonds is 3. The van der Waals surface area contributed by atoms with Gasteiger partial charge in [0.1, 0.15) is 0 Å². The second kappa shape index (κ2) is 16.2. The van der Waals surface area contributed by atoms with Gasteiger partial charge in [-0.05, 0) is 212 Å². The molecule has 0 aromatic heterocycles. The molecule has 0 aliphatic carbocycles. The van der Waals surface area contributed by atoms with Gasteiger partial charge in [0.05, 0.1) is 0 Å². The highest BCUT2D eigenvalue weighted by atomic mass is 15.2. The highest BCUT2D eigenvalue weighted by Crippen LogP contribution is 2.50. The molecule has 10 aromatic rings. The zero-order valence-electron chi connectivity index (χ0n) is 45.6. The molecule has 0 saturated carbocycles. The number of anilines is 6. The average molecular weight is 949 g/mol. The lowest BCUT2D eigenvalue weighted by Gasteiger charge is -2.45. The number of benzene rings is 10. The SMILES string of the molecule is Cc1cccc(C)c1-c1cc2c3c(c1)N(c1cc(C(C)(C)C)cc(C(C)(C)C)c1)c1cc4cc5ccccc5cc4cc1B3c1cc3cc4ccccc4cc3cc1N2c1cc(C(C)(C)C)cc(C(C)(C)C)c1. The van der Waals surface area contributed by atoms with E-state index in [1.807, 2.05) is 0 Å². The summed E-state index contributed by atoms with van der Waals surface area (Å²) in [5.41, 5.74) is 21.4.